The lowest BCUT2D eigenvalue weighted by molar-refractivity contribution is 0.0493. The molecule has 0 aliphatic rings. The van der Waals surface area contributed by atoms with Gasteiger partial charge in [-0.25, -0.2) is 18.7 Å². The second-order valence-electron chi connectivity index (χ2n) is 8.59. The van der Waals surface area contributed by atoms with Crippen LogP contribution in [0, 0.1) is 0 Å². The summed E-state index contributed by atoms with van der Waals surface area (Å²) in [7, 11) is -6.94. The molecule has 212 valence electrons. The van der Waals surface area contributed by atoms with E-state index in [9.17, 15) is 0 Å². The third-order valence-corrected chi connectivity index (χ3v) is 17.2. The molecule has 0 unspecified atom stereocenters. The van der Waals surface area contributed by atoms with Crippen molar-refractivity contribution in [2.24, 2.45) is 0 Å². The first-order valence-electron chi connectivity index (χ1n) is 14.3. The topological polar surface area (TPSA) is 53.6 Å². The summed E-state index contributed by atoms with van der Waals surface area (Å²) in [5, 5.41) is -1.18. The van der Waals surface area contributed by atoms with E-state index in [1.54, 1.807) is 0 Å². The highest BCUT2D eigenvalue weighted by molar-refractivity contribution is 7.78. The summed E-state index contributed by atoms with van der Waals surface area (Å²) in [5.41, 5.74) is 0. The Kier molecular flexibility index (Phi) is 16.3. The Hall–Kier alpha value is 0.220. The average Bonchev–Trinajstić information content (AvgIpc) is 2.86. The van der Waals surface area contributed by atoms with E-state index in [4.69, 9.17) is 0 Å². The number of nitrogens with zero attached hydrogens (tertiary/aromatic N) is 6. The summed E-state index contributed by atoms with van der Waals surface area (Å²) in [6, 6.07) is 0. The van der Waals surface area contributed by atoms with Gasteiger partial charge in [0.15, 0.2) is 0 Å². The van der Waals surface area contributed by atoms with E-state index < -0.39 is 20.0 Å². The third-order valence-electron chi connectivity index (χ3n) is 7.61. The van der Waals surface area contributed by atoms with Gasteiger partial charge in [-0.3, -0.25) is 18.9 Å². The van der Waals surface area contributed by atoms with Gasteiger partial charge < -0.3 is 0 Å². The first-order chi connectivity index (χ1) is 16.6. The molecule has 0 saturated carbocycles. The van der Waals surface area contributed by atoms with Crippen molar-refractivity contribution in [3.8, 4) is 0 Å². The van der Waals surface area contributed by atoms with E-state index in [0.29, 0.717) is 78.5 Å². The first-order valence-corrected chi connectivity index (χ1v) is 17.6. The predicted molar refractivity (Wildman–Crippen MR) is 155 cm³/mol. The van der Waals surface area contributed by atoms with Crippen LogP contribution in [0.2, 0.25) is 0 Å². The fraction of sp³-hybridized carbons (Fsp3) is 1.00. The second kappa shape index (κ2) is 16.2. The minimum absolute atomic E-state index is 0.644. The van der Waals surface area contributed by atoms with Crippen molar-refractivity contribution >= 4 is 14.9 Å². The molecule has 0 aliphatic heterocycles. The molecule has 8 nitrogen and oxygen atoms in total. The molecule has 0 N–H and O–H groups in total. The molecular weight excluding hydrogens is 478 g/mol. The standard InChI is InChI=1S/C25H60N6O2P2/c1-13-26(14-2)25(27(15-3)16-4,34(32,28(17-5)18-6)29(19-7)20-8)35(33,30(21-9)22-10)31(23-11)24-12/h13-24H2,1-12H3. The van der Waals surface area contributed by atoms with Crippen LogP contribution in [0.15, 0.2) is 0 Å². The van der Waals surface area contributed by atoms with Gasteiger partial charge in [-0.15, -0.1) is 0 Å². The molecule has 0 amide bonds. The van der Waals surface area contributed by atoms with E-state index in [1.165, 1.54) is 0 Å². The zero-order valence-electron chi connectivity index (χ0n) is 25.4. The zero-order chi connectivity index (χ0) is 27.4. The first kappa shape index (κ1) is 35.2. The summed E-state index contributed by atoms with van der Waals surface area (Å²) < 4.78 is 41.3. The van der Waals surface area contributed by atoms with Gasteiger partial charge in [-0.1, -0.05) is 83.1 Å². The van der Waals surface area contributed by atoms with E-state index in [2.05, 4.69) is 112 Å². The highest BCUT2D eigenvalue weighted by atomic mass is 31.2. The number of rotatable bonds is 20. The molecule has 0 heterocycles. The van der Waals surface area contributed by atoms with Gasteiger partial charge in [0, 0.05) is 52.4 Å². The van der Waals surface area contributed by atoms with E-state index in [1.807, 2.05) is 0 Å². The Bertz CT molecular complexity index is 568. The maximum atomic E-state index is 16.3. The SMILES string of the molecule is CCN(CC)C(N(CC)CC)(P(=O)(N(CC)CC)N(CC)CC)P(=O)(N(CC)CC)N(CC)CC. The fourth-order valence-electron chi connectivity index (χ4n) is 5.95. The van der Waals surface area contributed by atoms with Gasteiger partial charge in [0.2, 0.25) is 5.15 Å². The normalized spacial score (nSPS) is 14.0. The van der Waals surface area contributed by atoms with E-state index in [-0.39, 0.29) is 0 Å². The summed E-state index contributed by atoms with van der Waals surface area (Å²) in [5.74, 6) is 0. The average molecular weight is 539 g/mol. The van der Waals surface area contributed by atoms with Crippen LogP contribution in [0.25, 0.3) is 0 Å². The molecule has 0 aromatic heterocycles. The molecule has 0 rings (SSSR count). The van der Waals surface area contributed by atoms with Crippen molar-refractivity contribution in [3.05, 3.63) is 0 Å². The quantitative estimate of drug-likeness (QED) is 0.137. The van der Waals surface area contributed by atoms with Crippen molar-refractivity contribution in [2.75, 3.05) is 78.5 Å². The van der Waals surface area contributed by atoms with Crippen LogP contribution in [0.5, 0.6) is 0 Å². The molecule has 0 fully saturated rings. The van der Waals surface area contributed by atoms with Gasteiger partial charge >= 0.3 is 0 Å². The predicted octanol–water partition coefficient (Wildman–Crippen LogP) is 6.03. The van der Waals surface area contributed by atoms with Crippen LogP contribution in [-0.2, 0) is 9.13 Å². The maximum absolute atomic E-state index is 16.3. The lowest BCUT2D eigenvalue weighted by atomic mass is 10.5. The molecule has 0 aromatic carbocycles. The lowest BCUT2D eigenvalue weighted by Crippen LogP contribution is -2.67. The highest BCUT2D eigenvalue weighted by Crippen LogP contribution is 2.82. The van der Waals surface area contributed by atoms with Gasteiger partial charge in [-0.2, -0.15) is 0 Å². The summed E-state index contributed by atoms with van der Waals surface area (Å²) in [6.45, 7) is 33.1. The Balaban J connectivity index is 8.54. The van der Waals surface area contributed by atoms with Gasteiger partial charge in [0.05, 0.1) is 0 Å². The minimum atomic E-state index is -3.47. The molecule has 0 atom stereocenters. The molecule has 0 aliphatic carbocycles. The largest absolute Gasteiger partial charge is 0.285 e. The summed E-state index contributed by atoms with van der Waals surface area (Å²) in [6.07, 6.45) is 0. The Morgan fingerprint density at radius 3 is 0.657 bits per heavy atom. The smallest absolute Gasteiger partial charge is 0.261 e. The Morgan fingerprint density at radius 2 is 0.543 bits per heavy atom. The number of hydrogen-bond acceptors (Lipinski definition) is 4. The van der Waals surface area contributed by atoms with Gasteiger partial charge in [0.1, 0.15) is 0 Å². The van der Waals surface area contributed by atoms with Crippen LogP contribution < -0.4 is 0 Å². The molecule has 35 heavy (non-hydrogen) atoms. The molecule has 10 heteroatoms. The van der Waals surface area contributed by atoms with Crippen molar-refractivity contribution in [1.82, 2.24) is 28.5 Å². The number of hydrogen-bond donors (Lipinski definition) is 0. The van der Waals surface area contributed by atoms with E-state index >= 15 is 9.13 Å². The van der Waals surface area contributed by atoms with Crippen LogP contribution in [0.4, 0.5) is 0 Å². The van der Waals surface area contributed by atoms with Crippen LogP contribution >= 0.6 is 14.9 Å². The summed E-state index contributed by atoms with van der Waals surface area (Å²) >= 11 is 0. The monoisotopic (exact) mass is 538 g/mol. The maximum Gasteiger partial charge on any atom is 0.261 e. The van der Waals surface area contributed by atoms with Crippen LogP contribution in [-0.4, -0.2) is 112 Å². The van der Waals surface area contributed by atoms with Gasteiger partial charge in [0.25, 0.3) is 14.9 Å². The summed E-state index contributed by atoms with van der Waals surface area (Å²) in [4.78, 5) is 4.60. The third kappa shape index (κ3) is 5.81. The van der Waals surface area contributed by atoms with Crippen LogP contribution in [0.3, 0.4) is 0 Å². The Labute approximate surface area is 219 Å². The van der Waals surface area contributed by atoms with Crippen molar-refractivity contribution in [1.29, 1.82) is 0 Å². The fourth-order valence-corrected chi connectivity index (χ4v) is 16.7. The molecular formula is C25H60N6O2P2. The zero-order valence-corrected chi connectivity index (χ0v) is 27.2. The van der Waals surface area contributed by atoms with Crippen molar-refractivity contribution in [2.45, 2.75) is 88.2 Å². The molecule has 0 aromatic rings. The highest BCUT2D eigenvalue weighted by Gasteiger charge is 2.72. The molecule has 0 saturated heterocycles. The van der Waals surface area contributed by atoms with Gasteiger partial charge in [-0.05, 0) is 26.2 Å². The second-order valence-corrected chi connectivity index (χ2v) is 14.6. The van der Waals surface area contributed by atoms with Crippen molar-refractivity contribution < 1.29 is 9.13 Å². The van der Waals surface area contributed by atoms with Crippen molar-refractivity contribution in [3.63, 3.8) is 0 Å². The lowest BCUT2D eigenvalue weighted by Gasteiger charge is -2.62. The Morgan fingerprint density at radius 1 is 0.371 bits per heavy atom. The molecule has 0 bridgehead atoms. The van der Waals surface area contributed by atoms with E-state index in [0.717, 1.165) is 0 Å². The molecule has 0 radical (unpaired) electrons. The molecule has 0 spiro atoms. The van der Waals surface area contributed by atoms with Crippen LogP contribution in [0.1, 0.15) is 83.1 Å². The minimum Gasteiger partial charge on any atom is -0.285 e.